The normalized spacial score (nSPS) is 14.7. The average Bonchev–Trinajstić information content (AvgIpc) is 3.00. The predicted octanol–water partition coefficient (Wildman–Crippen LogP) is 4.31. The first-order valence-corrected chi connectivity index (χ1v) is 8.22. The second-order valence-corrected chi connectivity index (χ2v) is 6.39. The molecule has 1 aliphatic carbocycles. The van der Waals surface area contributed by atoms with Gasteiger partial charge >= 0.3 is 0 Å². The van der Waals surface area contributed by atoms with Gasteiger partial charge in [-0.15, -0.1) is 0 Å². The Kier molecular flexibility index (Phi) is 4.60. The number of anilines is 2. The van der Waals surface area contributed by atoms with Crippen LogP contribution in [0.2, 0.25) is 0 Å². The Morgan fingerprint density at radius 1 is 1.04 bits per heavy atom. The van der Waals surface area contributed by atoms with Gasteiger partial charge in [-0.05, 0) is 62.1 Å². The Bertz CT molecular complexity index is 668. The number of hydrogen-bond donors (Lipinski definition) is 2. The highest BCUT2D eigenvalue weighted by Crippen LogP contribution is 2.22. The summed E-state index contributed by atoms with van der Waals surface area (Å²) >= 11 is 0. The number of hydrogen-bond acceptors (Lipinski definition) is 3. The van der Waals surface area contributed by atoms with Crippen LogP contribution in [0.4, 0.5) is 11.4 Å². The molecule has 1 heterocycles. The summed E-state index contributed by atoms with van der Waals surface area (Å²) < 4.78 is 0. The summed E-state index contributed by atoms with van der Waals surface area (Å²) in [7, 11) is 0. The zero-order chi connectivity index (χ0) is 16.2. The van der Waals surface area contributed by atoms with Crippen LogP contribution in [-0.2, 0) is 0 Å². The zero-order valence-electron chi connectivity index (χ0n) is 13.7. The van der Waals surface area contributed by atoms with Crippen molar-refractivity contribution in [2.45, 2.75) is 45.6 Å². The lowest BCUT2D eigenvalue weighted by atomic mass is 10.1. The van der Waals surface area contributed by atoms with Crippen molar-refractivity contribution in [3.63, 3.8) is 0 Å². The number of carbonyl (C=O) groups is 1. The predicted molar refractivity (Wildman–Crippen MR) is 94.0 cm³/mol. The highest BCUT2D eigenvalue weighted by molar-refractivity contribution is 6.03. The molecule has 120 valence electrons. The average molecular weight is 309 g/mol. The van der Waals surface area contributed by atoms with Gasteiger partial charge in [0.05, 0.1) is 11.9 Å². The molecule has 23 heavy (non-hydrogen) atoms. The lowest BCUT2D eigenvalue weighted by Gasteiger charge is -2.13. The number of nitrogens with one attached hydrogen (secondary N) is 2. The standard InChI is InChI=1S/C19H23N3O/c1-13-9-14(2)11-17(10-13)22-19(23)18-8-7-16(12-20-18)21-15-5-3-4-6-15/h7-12,15,21H,3-6H2,1-2H3,(H,22,23). The van der Waals surface area contributed by atoms with Gasteiger partial charge in [-0.3, -0.25) is 4.79 Å². The van der Waals surface area contributed by atoms with Crippen LogP contribution in [0.1, 0.15) is 47.3 Å². The molecular weight excluding hydrogens is 286 g/mol. The van der Waals surface area contributed by atoms with Crippen LogP contribution in [0.3, 0.4) is 0 Å². The maximum absolute atomic E-state index is 12.3. The van der Waals surface area contributed by atoms with Gasteiger partial charge in [0.2, 0.25) is 0 Å². The van der Waals surface area contributed by atoms with E-state index >= 15 is 0 Å². The minimum Gasteiger partial charge on any atom is -0.381 e. The van der Waals surface area contributed by atoms with E-state index in [4.69, 9.17) is 0 Å². The molecular formula is C19H23N3O. The fourth-order valence-electron chi connectivity index (χ4n) is 3.16. The summed E-state index contributed by atoms with van der Waals surface area (Å²) in [6.45, 7) is 4.04. The molecule has 3 rings (SSSR count). The second kappa shape index (κ2) is 6.82. The smallest absolute Gasteiger partial charge is 0.274 e. The van der Waals surface area contributed by atoms with Gasteiger partial charge in [0.15, 0.2) is 0 Å². The van der Waals surface area contributed by atoms with Crippen molar-refractivity contribution in [1.29, 1.82) is 0 Å². The Morgan fingerprint density at radius 3 is 2.35 bits per heavy atom. The first kappa shape index (κ1) is 15.5. The number of benzene rings is 1. The number of nitrogens with zero attached hydrogens (tertiary/aromatic N) is 1. The lowest BCUT2D eigenvalue weighted by Crippen LogP contribution is -2.16. The van der Waals surface area contributed by atoms with Gasteiger partial charge in [-0.2, -0.15) is 0 Å². The van der Waals surface area contributed by atoms with Gasteiger partial charge in [0, 0.05) is 11.7 Å². The molecule has 0 bridgehead atoms. The summed E-state index contributed by atoms with van der Waals surface area (Å²) in [4.78, 5) is 16.6. The van der Waals surface area contributed by atoms with Crippen molar-refractivity contribution in [3.05, 3.63) is 53.3 Å². The number of aryl methyl sites for hydroxylation is 2. The number of aromatic nitrogens is 1. The van der Waals surface area contributed by atoms with E-state index in [-0.39, 0.29) is 5.91 Å². The van der Waals surface area contributed by atoms with Gasteiger partial charge in [0.25, 0.3) is 5.91 Å². The van der Waals surface area contributed by atoms with Gasteiger partial charge < -0.3 is 10.6 Å². The van der Waals surface area contributed by atoms with Crippen molar-refractivity contribution in [3.8, 4) is 0 Å². The topological polar surface area (TPSA) is 54.0 Å². The third-order valence-electron chi connectivity index (χ3n) is 4.20. The summed E-state index contributed by atoms with van der Waals surface area (Å²) in [5.41, 5.74) is 4.48. The highest BCUT2D eigenvalue weighted by Gasteiger charge is 2.15. The number of carbonyl (C=O) groups excluding carboxylic acids is 1. The van der Waals surface area contributed by atoms with Crippen molar-refractivity contribution in [1.82, 2.24) is 4.98 Å². The summed E-state index contributed by atoms with van der Waals surface area (Å²) in [5.74, 6) is -0.178. The Hall–Kier alpha value is -2.36. The Labute approximate surface area is 137 Å². The highest BCUT2D eigenvalue weighted by atomic mass is 16.1. The minimum absolute atomic E-state index is 0.178. The molecule has 1 saturated carbocycles. The van der Waals surface area contributed by atoms with E-state index in [2.05, 4.69) is 21.7 Å². The van der Waals surface area contributed by atoms with Gasteiger partial charge in [0.1, 0.15) is 5.69 Å². The molecule has 0 aliphatic heterocycles. The van der Waals surface area contributed by atoms with Crippen molar-refractivity contribution in [2.75, 3.05) is 10.6 Å². The largest absolute Gasteiger partial charge is 0.381 e. The van der Waals surface area contributed by atoms with E-state index in [1.165, 1.54) is 25.7 Å². The molecule has 1 aromatic carbocycles. The first-order valence-electron chi connectivity index (χ1n) is 8.22. The monoisotopic (exact) mass is 309 g/mol. The van der Waals surface area contributed by atoms with Crippen LogP contribution in [0, 0.1) is 13.8 Å². The SMILES string of the molecule is Cc1cc(C)cc(NC(=O)c2ccc(NC3CCCC3)cn2)c1. The molecule has 4 nitrogen and oxygen atoms in total. The van der Waals surface area contributed by atoms with E-state index in [0.717, 1.165) is 22.5 Å². The molecule has 2 N–H and O–H groups in total. The molecule has 1 aromatic heterocycles. The van der Waals surface area contributed by atoms with E-state index in [1.54, 1.807) is 12.3 Å². The number of amides is 1. The number of pyridine rings is 1. The third kappa shape index (κ3) is 4.09. The van der Waals surface area contributed by atoms with Crippen LogP contribution in [-0.4, -0.2) is 16.9 Å². The molecule has 0 atom stereocenters. The fourth-order valence-corrected chi connectivity index (χ4v) is 3.16. The van der Waals surface area contributed by atoms with Crippen molar-refractivity contribution < 1.29 is 4.79 Å². The quantitative estimate of drug-likeness (QED) is 0.885. The molecule has 1 aliphatic rings. The van der Waals surface area contributed by atoms with Crippen LogP contribution >= 0.6 is 0 Å². The first-order chi connectivity index (χ1) is 11.1. The van der Waals surface area contributed by atoms with Crippen LogP contribution < -0.4 is 10.6 Å². The van der Waals surface area contributed by atoms with E-state index in [9.17, 15) is 4.79 Å². The molecule has 0 saturated heterocycles. The van der Waals surface area contributed by atoms with Crippen molar-refractivity contribution in [2.24, 2.45) is 0 Å². The summed E-state index contributed by atoms with van der Waals surface area (Å²) in [6, 6.07) is 10.3. The lowest BCUT2D eigenvalue weighted by molar-refractivity contribution is 0.102. The molecule has 1 amide bonds. The van der Waals surface area contributed by atoms with E-state index in [0.29, 0.717) is 11.7 Å². The Balaban J connectivity index is 1.65. The summed E-state index contributed by atoms with van der Waals surface area (Å²) in [5, 5.41) is 6.39. The molecule has 1 fully saturated rings. The molecule has 2 aromatic rings. The second-order valence-electron chi connectivity index (χ2n) is 6.39. The molecule has 4 heteroatoms. The van der Waals surface area contributed by atoms with E-state index in [1.807, 2.05) is 32.0 Å². The van der Waals surface area contributed by atoms with Crippen LogP contribution in [0.25, 0.3) is 0 Å². The van der Waals surface area contributed by atoms with Crippen LogP contribution in [0.5, 0.6) is 0 Å². The molecule has 0 radical (unpaired) electrons. The number of rotatable bonds is 4. The maximum atomic E-state index is 12.3. The van der Waals surface area contributed by atoms with Gasteiger partial charge in [-0.1, -0.05) is 18.9 Å². The van der Waals surface area contributed by atoms with E-state index < -0.39 is 0 Å². The summed E-state index contributed by atoms with van der Waals surface area (Å²) in [6.07, 6.45) is 6.77. The molecule has 0 unspecified atom stereocenters. The third-order valence-corrected chi connectivity index (χ3v) is 4.20. The van der Waals surface area contributed by atoms with Crippen molar-refractivity contribution >= 4 is 17.3 Å². The minimum atomic E-state index is -0.178. The fraction of sp³-hybridized carbons (Fsp3) is 0.368. The zero-order valence-corrected chi connectivity index (χ0v) is 13.7. The van der Waals surface area contributed by atoms with Gasteiger partial charge in [-0.25, -0.2) is 4.98 Å². The molecule has 0 spiro atoms. The van der Waals surface area contributed by atoms with Crippen LogP contribution in [0.15, 0.2) is 36.5 Å². The maximum Gasteiger partial charge on any atom is 0.274 e. The Morgan fingerprint density at radius 2 is 1.74 bits per heavy atom.